The molecule has 0 spiro atoms. The maximum Gasteiger partial charge on any atom is 0.269 e. The maximum atomic E-state index is 12.2. The summed E-state index contributed by atoms with van der Waals surface area (Å²) < 4.78 is 0. The van der Waals surface area contributed by atoms with Crippen LogP contribution in [0.1, 0.15) is 105 Å². The van der Waals surface area contributed by atoms with Crippen LogP contribution in [0.5, 0.6) is 0 Å². The quantitative estimate of drug-likeness (QED) is 0.430. The topological polar surface area (TPSA) is 71.1 Å². The number of unbranched alkanes of at least 4 members (excludes halogenated alkanes) is 9. The summed E-state index contributed by atoms with van der Waals surface area (Å²) in [6, 6.07) is 5.00. The van der Waals surface area contributed by atoms with Crippen LogP contribution < -0.4 is 10.6 Å². The van der Waals surface area contributed by atoms with Gasteiger partial charge in [0, 0.05) is 13.1 Å². The third-order valence-electron chi connectivity index (χ3n) is 4.60. The third-order valence-corrected chi connectivity index (χ3v) is 4.60. The van der Waals surface area contributed by atoms with Crippen LogP contribution in [0, 0.1) is 0 Å². The number of nitrogens with one attached hydrogen (secondary N) is 2. The standard InChI is InChI=1S/C22H37N3O2/c1-3-5-7-8-9-10-11-13-18-24-22(27)20-16-14-15-19(25-20)21(26)23-17-12-6-4-2/h14-16H,3-13,17-18H2,1-2H3,(H,23,26)(H,24,27). The lowest BCUT2D eigenvalue weighted by Gasteiger charge is -2.07. The Morgan fingerprint density at radius 2 is 1.11 bits per heavy atom. The van der Waals surface area contributed by atoms with E-state index in [1.165, 1.54) is 38.5 Å². The second-order valence-electron chi connectivity index (χ2n) is 7.10. The van der Waals surface area contributed by atoms with Gasteiger partial charge in [-0.25, -0.2) is 4.98 Å². The molecule has 27 heavy (non-hydrogen) atoms. The number of hydrogen-bond donors (Lipinski definition) is 2. The zero-order valence-electron chi connectivity index (χ0n) is 17.2. The molecule has 0 saturated heterocycles. The largest absolute Gasteiger partial charge is 0.351 e. The van der Waals surface area contributed by atoms with Crippen molar-refractivity contribution in [3.05, 3.63) is 29.6 Å². The normalized spacial score (nSPS) is 10.6. The molecular formula is C22H37N3O2. The number of amides is 2. The van der Waals surface area contributed by atoms with Crippen LogP contribution in [-0.2, 0) is 0 Å². The molecule has 1 heterocycles. The number of aromatic nitrogens is 1. The van der Waals surface area contributed by atoms with E-state index in [9.17, 15) is 9.59 Å². The van der Waals surface area contributed by atoms with Crippen LogP contribution in [0.2, 0.25) is 0 Å². The summed E-state index contributed by atoms with van der Waals surface area (Å²) in [5.41, 5.74) is 0.599. The molecule has 1 aromatic heterocycles. The molecule has 0 fully saturated rings. The molecule has 2 amide bonds. The Morgan fingerprint density at radius 3 is 1.63 bits per heavy atom. The van der Waals surface area contributed by atoms with E-state index in [-0.39, 0.29) is 11.8 Å². The molecule has 1 aromatic rings. The van der Waals surface area contributed by atoms with Gasteiger partial charge in [0.25, 0.3) is 11.8 Å². The number of hydrogen-bond acceptors (Lipinski definition) is 3. The highest BCUT2D eigenvalue weighted by molar-refractivity contribution is 5.96. The molecule has 0 aliphatic rings. The first-order chi connectivity index (χ1) is 13.2. The summed E-state index contributed by atoms with van der Waals surface area (Å²) in [6.07, 6.45) is 13.1. The SMILES string of the molecule is CCCCCCCCCCNC(=O)c1cccc(C(=O)NCCCCC)n1. The lowest BCUT2D eigenvalue weighted by molar-refractivity contribution is 0.0943. The highest BCUT2D eigenvalue weighted by Gasteiger charge is 2.11. The monoisotopic (exact) mass is 375 g/mol. The number of carbonyl (C=O) groups excluding carboxylic acids is 2. The van der Waals surface area contributed by atoms with Gasteiger partial charge >= 0.3 is 0 Å². The Kier molecular flexibility index (Phi) is 13.0. The van der Waals surface area contributed by atoms with E-state index in [1.807, 2.05) is 0 Å². The molecular weight excluding hydrogens is 338 g/mol. The van der Waals surface area contributed by atoms with Gasteiger partial charge in [0.2, 0.25) is 0 Å². The van der Waals surface area contributed by atoms with Gasteiger partial charge in [-0.3, -0.25) is 9.59 Å². The molecule has 5 heteroatoms. The molecule has 0 radical (unpaired) electrons. The van der Waals surface area contributed by atoms with Crippen molar-refractivity contribution in [3.63, 3.8) is 0 Å². The van der Waals surface area contributed by atoms with E-state index in [2.05, 4.69) is 29.5 Å². The Balaban J connectivity index is 2.25. The number of nitrogens with zero attached hydrogens (tertiary/aromatic N) is 1. The molecule has 0 saturated carbocycles. The predicted octanol–water partition coefficient (Wildman–Crippen LogP) is 4.87. The van der Waals surface area contributed by atoms with Crippen molar-refractivity contribution in [2.75, 3.05) is 13.1 Å². The maximum absolute atomic E-state index is 12.2. The Morgan fingerprint density at radius 1 is 0.704 bits per heavy atom. The zero-order chi connectivity index (χ0) is 19.7. The highest BCUT2D eigenvalue weighted by atomic mass is 16.2. The number of carbonyl (C=O) groups is 2. The van der Waals surface area contributed by atoms with Gasteiger partial charge in [0.15, 0.2) is 0 Å². The fraction of sp³-hybridized carbons (Fsp3) is 0.682. The van der Waals surface area contributed by atoms with E-state index in [0.717, 1.165) is 32.1 Å². The van der Waals surface area contributed by atoms with Crippen molar-refractivity contribution >= 4 is 11.8 Å². The Labute approximate surface area is 164 Å². The fourth-order valence-corrected chi connectivity index (χ4v) is 2.91. The summed E-state index contributed by atoms with van der Waals surface area (Å²) in [5.74, 6) is -0.428. The molecule has 152 valence electrons. The second-order valence-corrected chi connectivity index (χ2v) is 7.10. The van der Waals surface area contributed by atoms with E-state index in [0.29, 0.717) is 24.5 Å². The van der Waals surface area contributed by atoms with Crippen molar-refractivity contribution < 1.29 is 9.59 Å². The van der Waals surface area contributed by atoms with Crippen molar-refractivity contribution in [2.45, 2.75) is 84.5 Å². The molecule has 0 atom stereocenters. The lowest BCUT2D eigenvalue weighted by atomic mass is 10.1. The minimum atomic E-state index is -0.219. The van der Waals surface area contributed by atoms with Gasteiger partial charge in [-0.1, -0.05) is 77.7 Å². The Hall–Kier alpha value is -1.91. The lowest BCUT2D eigenvalue weighted by Crippen LogP contribution is -2.28. The molecule has 0 aromatic carbocycles. The van der Waals surface area contributed by atoms with Crippen LogP contribution >= 0.6 is 0 Å². The van der Waals surface area contributed by atoms with Gasteiger partial charge in [-0.05, 0) is 25.0 Å². The van der Waals surface area contributed by atoms with Crippen LogP contribution in [0.25, 0.3) is 0 Å². The van der Waals surface area contributed by atoms with Gasteiger partial charge in [-0.15, -0.1) is 0 Å². The smallest absolute Gasteiger partial charge is 0.269 e. The van der Waals surface area contributed by atoms with Crippen LogP contribution in [-0.4, -0.2) is 29.9 Å². The van der Waals surface area contributed by atoms with Crippen molar-refractivity contribution in [1.82, 2.24) is 15.6 Å². The van der Waals surface area contributed by atoms with E-state index < -0.39 is 0 Å². The first kappa shape index (κ1) is 23.1. The van der Waals surface area contributed by atoms with Gasteiger partial charge in [0.1, 0.15) is 11.4 Å². The van der Waals surface area contributed by atoms with Gasteiger partial charge in [-0.2, -0.15) is 0 Å². The molecule has 0 unspecified atom stereocenters. The third kappa shape index (κ3) is 10.7. The summed E-state index contributed by atoms with van der Waals surface area (Å²) in [7, 11) is 0. The first-order valence-corrected chi connectivity index (χ1v) is 10.7. The first-order valence-electron chi connectivity index (χ1n) is 10.7. The van der Waals surface area contributed by atoms with Crippen molar-refractivity contribution in [1.29, 1.82) is 0 Å². The van der Waals surface area contributed by atoms with E-state index >= 15 is 0 Å². The summed E-state index contributed by atoms with van der Waals surface area (Å²) in [6.45, 7) is 5.65. The van der Waals surface area contributed by atoms with Crippen LogP contribution in [0.15, 0.2) is 18.2 Å². The zero-order valence-corrected chi connectivity index (χ0v) is 17.2. The van der Waals surface area contributed by atoms with E-state index in [1.54, 1.807) is 18.2 Å². The predicted molar refractivity (Wildman–Crippen MR) is 111 cm³/mol. The second kappa shape index (κ2) is 15.2. The number of rotatable bonds is 15. The Bertz CT molecular complexity index is 546. The van der Waals surface area contributed by atoms with Crippen LogP contribution in [0.3, 0.4) is 0 Å². The summed E-state index contributed by atoms with van der Waals surface area (Å²) in [4.78, 5) is 28.5. The van der Waals surface area contributed by atoms with E-state index in [4.69, 9.17) is 0 Å². The van der Waals surface area contributed by atoms with Gasteiger partial charge in [0.05, 0.1) is 0 Å². The molecule has 0 bridgehead atoms. The minimum absolute atomic E-state index is 0.210. The fourth-order valence-electron chi connectivity index (χ4n) is 2.91. The van der Waals surface area contributed by atoms with Crippen LogP contribution in [0.4, 0.5) is 0 Å². The van der Waals surface area contributed by atoms with Gasteiger partial charge < -0.3 is 10.6 Å². The van der Waals surface area contributed by atoms with Crippen molar-refractivity contribution in [2.24, 2.45) is 0 Å². The highest BCUT2D eigenvalue weighted by Crippen LogP contribution is 2.08. The molecule has 5 nitrogen and oxygen atoms in total. The average Bonchev–Trinajstić information content (AvgIpc) is 2.69. The average molecular weight is 376 g/mol. The van der Waals surface area contributed by atoms with Crippen molar-refractivity contribution in [3.8, 4) is 0 Å². The molecule has 1 rings (SSSR count). The molecule has 0 aliphatic heterocycles. The molecule has 2 N–H and O–H groups in total. The minimum Gasteiger partial charge on any atom is -0.351 e. The molecule has 0 aliphatic carbocycles. The number of pyridine rings is 1. The summed E-state index contributed by atoms with van der Waals surface area (Å²) >= 11 is 0. The summed E-state index contributed by atoms with van der Waals surface area (Å²) in [5, 5.41) is 5.75.